The summed E-state index contributed by atoms with van der Waals surface area (Å²) in [6.45, 7) is 0. The van der Waals surface area contributed by atoms with Crippen LogP contribution in [0.2, 0.25) is 0 Å². The molecule has 0 saturated heterocycles. The van der Waals surface area contributed by atoms with Gasteiger partial charge in [-0.3, -0.25) is 0 Å². The van der Waals surface area contributed by atoms with Gasteiger partial charge < -0.3 is 0 Å². The van der Waals surface area contributed by atoms with Gasteiger partial charge >= 0.3 is 0 Å². The lowest BCUT2D eigenvalue weighted by Crippen LogP contribution is -1.88. The third kappa shape index (κ3) is 2.90. The summed E-state index contributed by atoms with van der Waals surface area (Å²) in [5.41, 5.74) is 5.02. The highest BCUT2D eigenvalue weighted by Crippen LogP contribution is 2.41. The first-order valence-corrected chi connectivity index (χ1v) is 12.0. The lowest BCUT2D eigenvalue weighted by atomic mass is 9.89. The van der Waals surface area contributed by atoms with Crippen LogP contribution in [0.3, 0.4) is 0 Å². The maximum Gasteiger partial charge on any atom is 0.0254 e. The van der Waals surface area contributed by atoms with E-state index in [2.05, 4.69) is 131 Å². The molecular formula is C32H19Br. The van der Waals surface area contributed by atoms with Gasteiger partial charge in [-0.15, -0.1) is 0 Å². The summed E-state index contributed by atoms with van der Waals surface area (Å²) in [6.07, 6.45) is 0. The topological polar surface area (TPSA) is 0 Å². The Balaban J connectivity index is 1.39. The summed E-state index contributed by atoms with van der Waals surface area (Å²) in [7, 11) is 0. The van der Waals surface area contributed by atoms with Gasteiger partial charge in [0.15, 0.2) is 0 Å². The van der Waals surface area contributed by atoms with Crippen LogP contribution in [0, 0.1) is 0 Å². The van der Waals surface area contributed by atoms with E-state index >= 15 is 0 Å². The van der Waals surface area contributed by atoms with Crippen molar-refractivity contribution in [1.82, 2.24) is 0 Å². The van der Waals surface area contributed by atoms with Crippen molar-refractivity contribution in [2.75, 3.05) is 0 Å². The predicted octanol–water partition coefficient (Wildman–Crippen LogP) is 9.83. The molecule has 0 amide bonds. The van der Waals surface area contributed by atoms with E-state index in [0.717, 1.165) is 4.47 Å². The summed E-state index contributed by atoms with van der Waals surface area (Å²) >= 11 is 3.75. The third-order valence-corrected chi connectivity index (χ3v) is 7.58. The first kappa shape index (κ1) is 18.8. The molecule has 0 aromatic heterocycles. The summed E-state index contributed by atoms with van der Waals surface area (Å²) in [5.74, 6) is 0. The average molecular weight is 483 g/mol. The molecular weight excluding hydrogens is 464 g/mol. The van der Waals surface area contributed by atoms with Gasteiger partial charge in [0.05, 0.1) is 0 Å². The molecule has 0 bridgehead atoms. The van der Waals surface area contributed by atoms with E-state index in [1.165, 1.54) is 65.3 Å². The summed E-state index contributed by atoms with van der Waals surface area (Å²) < 4.78 is 1.15. The summed E-state index contributed by atoms with van der Waals surface area (Å²) in [6, 6.07) is 42.1. The number of halogens is 1. The van der Waals surface area contributed by atoms with E-state index in [9.17, 15) is 0 Å². The number of fused-ring (bicyclic) bond motifs is 1. The second kappa shape index (κ2) is 7.16. The molecule has 7 aromatic rings. The van der Waals surface area contributed by atoms with Crippen molar-refractivity contribution in [2.24, 2.45) is 0 Å². The molecule has 0 radical (unpaired) electrons. The van der Waals surface area contributed by atoms with Crippen molar-refractivity contribution in [3.05, 3.63) is 120 Å². The zero-order valence-corrected chi connectivity index (χ0v) is 19.4. The van der Waals surface area contributed by atoms with Gasteiger partial charge in [0.25, 0.3) is 0 Å². The largest absolute Gasteiger partial charge is 0.0616 e. The average Bonchev–Trinajstić information content (AvgIpc) is 2.88. The highest BCUT2D eigenvalue weighted by molar-refractivity contribution is 9.10. The SMILES string of the molecule is Brc1ccc2ccc3c(-c4ccc(-c5ccc6ccccc6c5)cc4)ccc4ccc1c2c43. The Hall–Kier alpha value is -3.68. The Morgan fingerprint density at radius 3 is 1.79 bits per heavy atom. The van der Waals surface area contributed by atoms with Crippen LogP contribution in [0.4, 0.5) is 0 Å². The van der Waals surface area contributed by atoms with E-state index in [0.29, 0.717) is 0 Å². The molecule has 0 N–H and O–H groups in total. The van der Waals surface area contributed by atoms with Crippen molar-refractivity contribution in [3.63, 3.8) is 0 Å². The Kier molecular flexibility index (Phi) is 4.09. The molecule has 0 atom stereocenters. The van der Waals surface area contributed by atoms with Crippen LogP contribution in [-0.4, -0.2) is 0 Å². The van der Waals surface area contributed by atoms with Gasteiger partial charge in [-0.2, -0.15) is 0 Å². The Labute approximate surface area is 200 Å². The van der Waals surface area contributed by atoms with Crippen LogP contribution in [0.15, 0.2) is 120 Å². The van der Waals surface area contributed by atoms with Gasteiger partial charge in [-0.25, -0.2) is 0 Å². The van der Waals surface area contributed by atoms with Crippen molar-refractivity contribution >= 4 is 59.0 Å². The Morgan fingerprint density at radius 1 is 0.394 bits per heavy atom. The predicted molar refractivity (Wildman–Crippen MR) is 146 cm³/mol. The quantitative estimate of drug-likeness (QED) is 0.215. The number of rotatable bonds is 2. The van der Waals surface area contributed by atoms with Crippen LogP contribution < -0.4 is 0 Å². The van der Waals surface area contributed by atoms with Gasteiger partial charge in [0.2, 0.25) is 0 Å². The fourth-order valence-electron chi connectivity index (χ4n) is 5.23. The zero-order chi connectivity index (χ0) is 21.9. The maximum atomic E-state index is 3.75. The molecule has 0 aliphatic rings. The first-order chi connectivity index (χ1) is 16.3. The molecule has 0 aliphatic carbocycles. The molecule has 0 aliphatic heterocycles. The summed E-state index contributed by atoms with van der Waals surface area (Å²) in [4.78, 5) is 0. The summed E-state index contributed by atoms with van der Waals surface area (Å²) in [5, 5.41) is 10.4. The van der Waals surface area contributed by atoms with Crippen molar-refractivity contribution in [1.29, 1.82) is 0 Å². The fraction of sp³-hybridized carbons (Fsp3) is 0. The van der Waals surface area contributed by atoms with Gasteiger partial charge in [-0.1, -0.05) is 119 Å². The van der Waals surface area contributed by atoms with Gasteiger partial charge in [-0.05, 0) is 77.5 Å². The minimum absolute atomic E-state index is 1.15. The molecule has 0 heterocycles. The molecule has 0 saturated carbocycles. The Morgan fingerprint density at radius 2 is 0.970 bits per heavy atom. The van der Waals surface area contributed by atoms with Crippen molar-refractivity contribution in [2.45, 2.75) is 0 Å². The molecule has 33 heavy (non-hydrogen) atoms. The van der Waals surface area contributed by atoms with Crippen LogP contribution in [0.25, 0.3) is 65.3 Å². The van der Waals surface area contributed by atoms with E-state index in [1.807, 2.05) is 0 Å². The molecule has 7 rings (SSSR count). The maximum absolute atomic E-state index is 3.75. The second-order valence-electron chi connectivity index (χ2n) is 8.72. The van der Waals surface area contributed by atoms with E-state index in [1.54, 1.807) is 0 Å². The number of benzene rings is 7. The van der Waals surface area contributed by atoms with E-state index in [-0.39, 0.29) is 0 Å². The zero-order valence-electron chi connectivity index (χ0n) is 17.8. The van der Waals surface area contributed by atoms with E-state index in [4.69, 9.17) is 0 Å². The minimum Gasteiger partial charge on any atom is -0.0616 e. The van der Waals surface area contributed by atoms with Crippen LogP contribution >= 0.6 is 15.9 Å². The highest BCUT2D eigenvalue weighted by Gasteiger charge is 2.13. The molecule has 154 valence electrons. The third-order valence-electron chi connectivity index (χ3n) is 6.89. The van der Waals surface area contributed by atoms with Crippen LogP contribution in [0.5, 0.6) is 0 Å². The Bertz CT molecular complexity index is 1810. The highest BCUT2D eigenvalue weighted by atomic mass is 79.9. The van der Waals surface area contributed by atoms with Crippen LogP contribution in [-0.2, 0) is 0 Å². The van der Waals surface area contributed by atoms with E-state index < -0.39 is 0 Å². The molecule has 7 aromatic carbocycles. The van der Waals surface area contributed by atoms with Crippen molar-refractivity contribution < 1.29 is 0 Å². The minimum atomic E-state index is 1.15. The lowest BCUT2D eigenvalue weighted by Gasteiger charge is -2.15. The van der Waals surface area contributed by atoms with Gasteiger partial charge in [0, 0.05) is 4.47 Å². The molecule has 0 fully saturated rings. The monoisotopic (exact) mass is 482 g/mol. The molecule has 0 nitrogen and oxygen atoms in total. The molecule has 0 unspecified atom stereocenters. The molecule has 0 spiro atoms. The number of hydrogen-bond donors (Lipinski definition) is 0. The fourth-order valence-corrected chi connectivity index (χ4v) is 5.69. The number of hydrogen-bond acceptors (Lipinski definition) is 0. The van der Waals surface area contributed by atoms with Gasteiger partial charge in [0.1, 0.15) is 0 Å². The normalized spacial score (nSPS) is 11.8. The van der Waals surface area contributed by atoms with Crippen LogP contribution in [0.1, 0.15) is 0 Å². The standard InChI is InChI=1S/C32H19Br/c33-30-18-14-24-12-16-28-27(15-11-23-13-17-29(30)32(24)31(23)28)22-8-5-21(6-9-22)26-10-7-20-3-1-2-4-25(20)19-26/h1-19H. The smallest absolute Gasteiger partial charge is 0.0254 e. The lowest BCUT2D eigenvalue weighted by molar-refractivity contribution is 1.62. The van der Waals surface area contributed by atoms with Crippen molar-refractivity contribution in [3.8, 4) is 22.3 Å². The molecule has 1 heteroatoms. The second-order valence-corrected chi connectivity index (χ2v) is 9.58. The first-order valence-electron chi connectivity index (χ1n) is 11.2.